The number of aromatic nitrogens is 2. The topological polar surface area (TPSA) is 90.6 Å². The number of anilines is 2. The molecule has 2 aromatic rings. The number of aromatic amines is 1. The van der Waals surface area contributed by atoms with Crippen LogP contribution in [0.3, 0.4) is 0 Å². The van der Waals surface area contributed by atoms with Crippen molar-refractivity contribution >= 4 is 17.5 Å². The maximum Gasteiger partial charge on any atom is 0.255 e. The predicted molar refractivity (Wildman–Crippen MR) is 128 cm³/mol. The van der Waals surface area contributed by atoms with Gasteiger partial charge in [0.2, 0.25) is 11.9 Å². The van der Waals surface area contributed by atoms with Crippen molar-refractivity contribution in [3.05, 3.63) is 50.9 Å². The fourth-order valence-electron chi connectivity index (χ4n) is 5.87. The van der Waals surface area contributed by atoms with Crippen molar-refractivity contribution in [2.75, 3.05) is 56.2 Å². The molecule has 0 radical (unpaired) electrons. The normalized spacial score (nSPS) is 18.5. The van der Waals surface area contributed by atoms with Crippen molar-refractivity contribution in [1.82, 2.24) is 15.3 Å². The molecule has 1 aromatic heterocycles. The first-order valence-corrected chi connectivity index (χ1v) is 12.3. The van der Waals surface area contributed by atoms with Gasteiger partial charge in [-0.1, -0.05) is 0 Å². The Morgan fingerprint density at radius 1 is 1.23 bits per heavy atom. The third-order valence-electron chi connectivity index (χ3n) is 7.58. The van der Waals surface area contributed by atoms with E-state index in [0.717, 1.165) is 43.0 Å². The number of H-pyrrole nitrogens is 1. The lowest BCUT2D eigenvalue weighted by atomic mass is 9.74. The zero-order valence-electron chi connectivity index (χ0n) is 20.0. The van der Waals surface area contributed by atoms with Crippen LogP contribution in [0.2, 0.25) is 0 Å². The van der Waals surface area contributed by atoms with Crippen LogP contribution in [0, 0.1) is 11.6 Å². The van der Waals surface area contributed by atoms with Crippen LogP contribution in [-0.4, -0.2) is 62.3 Å². The molecule has 2 aliphatic heterocycles. The van der Waals surface area contributed by atoms with Gasteiger partial charge in [-0.2, -0.15) is 0 Å². The van der Waals surface area contributed by atoms with E-state index < -0.39 is 17.0 Å². The van der Waals surface area contributed by atoms with Gasteiger partial charge in [0.05, 0.1) is 5.69 Å². The van der Waals surface area contributed by atoms with Crippen molar-refractivity contribution < 1.29 is 18.3 Å². The lowest BCUT2D eigenvalue weighted by Gasteiger charge is -2.40. The lowest BCUT2D eigenvalue weighted by Crippen LogP contribution is -2.47. The molecule has 1 fully saturated rings. The number of rotatable bonds is 6. The number of benzene rings is 1. The van der Waals surface area contributed by atoms with E-state index in [1.54, 1.807) is 0 Å². The molecule has 0 atom stereocenters. The summed E-state index contributed by atoms with van der Waals surface area (Å²) in [7, 11) is 1.45. The minimum Gasteiger partial charge on any atom is -0.375 e. The van der Waals surface area contributed by atoms with E-state index in [0.29, 0.717) is 62.8 Å². The number of hydrogen-bond acceptors (Lipinski definition) is 6. The number of halogens is 2. The van der Waals surface area contributed by atoms with E-state index in [1.807, 2.05) is 4.90 Å². The number of aryl methyl sites for hydroxylation is 1. The highest BCUT2D eigenvalue weighted by Gasteiger charge is 2.47. The Kier molecular flexibility index (Phi) is 6.48. The average Bonchev–Trinajstić information content (AvgIpc) is 3.12. The fourth-order valence-corrected chi connectivity index (χ4v) is 5.87. The number of methoxy groups -OCH3 is 1. The minimum atomic E-state index is -0.611. The molecule has 5 rings (SSSR count). The Hall–Kier alpha value is -3.01. The van der Waals surface area contributed by atoms with Crippen LogP contribution in [0.15, 0.2) is 16.9 Å². The van der Waals surface area contributed by atoms with Crippen molar-refractivity contribution in [3.8, 4) is 0 Å². The smallest absolute Gasteiger partial charge is 0.255 e. The molecule has 0 saturated carbocycles. The standard InChI is InChI=1S/C25H31F2N5O3/c1-35-14-21(33)28-8-11-32-15-25(22-18(27)12-16(26)13-20(22)32)6-9-31(10-7-25)24-29-19-5-3-2-4-17(19)23(34)30-24/h12-13H,2-11,14-15H2,1H3,(H,28,33)(H,29,30,34). The number of piperidine rings is 1. The number of amides is 1. The SMILES string of the molecule is COCC(=O)NCCN1CC2(CCN(c3nc4c(c(=O)[nH]3)CCCC4)CC2)c2c(F)cc(F)cc21. The summed E-state index contributed by atoms with van der Waals surface area (Å²) in [5.41, 5.74) is 2.28. The number of carbonyl (C=O) groups is 1. The van der Waals surface area contributed by atoms with E-state index in [1.165, 1.54) is 13.2 Å². The third kappa shape index (κ3) is 4.51. The molecule has 35 heavy (non-hydrogen) atoms. The molecule has 0 bridgehead atoms. The van der Waals surface area contributed by atoms with Crippen molar-refractivity contribution in [1.29, 1.82) is 0 Å². The van der Waals surface area contributed by atoms with Gasteiger partial charge in [0.15, 0.2) is 0 Å². The molecule has 2 N–H and O–H groups in total. The van der Waals surface area contributed by atoms with Gasteiger partial charge in [0, 0.05) is 68.1 Å². The van der Waals surface area contributed by atoms with Crippen molar-refractivity contribution in [3.63, 3.8) is 0 Å². The third-order valence-corrected chi connectivity index (χ3v) is 7.58. The Morgan fingerprint density at radius 3 is 2.77 bits per heavy atom. The highest BCUT2D eigenvalue weighted by atomic mass is 19.1. The maximum absolute atomic E-state index is 15.1. The minimum absolute atomic E-state index is 0.0293. The second kappa shape index (κ2) is 9.56. The summed E-state index contributed by atoms with van der Waals surface area (Å²) in [6.07, 6.45) is 4.95. The Bertz CT molecular complexity index is 1180. The van der Waals surface area contributed by atoms with Crippen LogP contribution in [0.4, 0.5) is 20.4 Å². The van der Waals surface area contributed by atoms with Gasteiger partial charge in [-0.3, -0.25) is 14.6 Å². The van der Waals surface area contributed by atoms with Gasteiger partial charge >= 0.3 is 0 Å². The molecular formula is C25H31F2N5O3. The highest BCUT2D eigenvalue weighted by Crippen LogP contribution is 2.48. The molecule has 1 aromatic carbocycles. The lowest BCUT2D eigenvalue weighted by molar-refractivity contribution is -0.124. The Labute approximate surface area is 202 Å². The average molecular weight is 488 g/mol. The van der Waals surface area contributed by atoms with Gasteiger partial charge in [-0.05, 0) is 44.6 Å². The quantitative estimate of drug-likeness (QED) is 0.648. The van der Waals surface area contributed by atoms with Crippen LogP contribution in [0.1, 0.15) is 42.5 Å². The summed E-state index contributed by atoms with van der Waals surface area (Å²) in [5, 5.41) is 2.78. The van der Waals surface area contributed by atoms with E-state index in [9.17, 15) is 14.0 Å². The molecule has 0 unspecified atom stereocenters. The largest absolute Gasteiger partial charge is 0.375 e. The number of ether oxygens (including phenoxy) is 1. The molecule has 1 spiro atoms. The Balaban J connectivity index is 1.34. The van der Waals surface area contributed by atoms with Crippen LogP contribution < -0.4 is 20.7 Å². The molecule has 8 nitrogen and oxygen atoms in total. The molecule has 1 aliphatic carbocycles. The summed E-state index contributed by atoms with van der Waals surface area (Å²) in [6.45, 7) is 2.52. The number of fused-ring (bicyclic) bond motifs is 3. The summed E-state index contributed by atoms with van der Waals surface area (Å²) in [4.78, 5) is 36.1. The first-order valence-electron chi connectivity index (χ1n) is 12.3. The second-order valence-corrected chi connectivity index (χ2v) is 9.78. The van der Waals surface area contributed by atoms with Crippen molar-refractivity contribution in [2.45, 2.75) is 43.9 Å². The van der Waals surface area contributed by atoms with E-state index >= 15 is 4.39 Å². The number of nitrogens with one attached hydrogen (secondary N) is 2. The van der Waals surface area contributed by atoms with Gasteiger partial charge in [0.1, 0.15) is 18.2 Å². The molecule has 3 aliphatic rings. The van der Waals surface area contributed by atoms with E-state index in [2.05, 4.69) is 15.2 Å². The molecule has 188 valence electrons. The summed E-state index contributed by atoms with van der Waals surface area (Å²) >= 11 is 0. The first kappa shape index (κ1) is 23.7. The van der Waals surface area contributed by atoms with Crippen LogP contribution in [-0.2, 0) is 27.8 Å². The Morgan fingerprint density at radius 2 is 2.00 bits per heavy atom. The summed E-state index contributed by atoms with van der Waals surface area (Å²) in [5.74, 6) is -0.785. The van der Waals surface area contributed by atoms with E-state index in [-0.39, 0.29) is 18.1 Å². The molecule has 3 heterocycles. The van der Waals surface area contributed by atoms with Crippen LogP contribution in [0.5, 0.6) is 0 Å². The monoisotopic (exact) mass is 487 g/mol. The highest BCUT2D eigenvalue weighted by molar-refractivity contribution is 5.77. The van der Waals surface area contributed by atoms with Crippen molar-refractivity contribution in [2.24, 2.45) is 0 Å². The number of carbonyl (C=O) groups excluding carboxylic acids is 1. The second-order valence-electron chi connectivity index (χ2n) is 9.78. The maximum atomic E-state index is 15.1. The van der Waals surface area contributed by atoms with Crippen LogP contribution in [0.25, 0.3) is 0 Å². The zero-order chi connectivity index (χ0) is 24.6. The van der Waals surface area contributed by atoms with Gasteiger partial charge in [-0.15, -0.1) is 0 Å². The summed E-state index contributed by atoms with van der Waals surface area (Å²) < 4.78 is 34.1. The van der Waals surface area contributed by atoms with Gasteiger partial charge in [-0.25, -0.2) is 13.8 Å². The zero-order valence-corrected chi connectivity index (χ0v) is 20.0. The number of hydrogen-bond donors (Lipinski definition) is 2. The predicted octanol–water partition coefficient (Wildman–Crippen LogP) is 2.05. The molecule has 1 saturated heterocycles. The van der Waals surface area contributed by atoms with Gasteiger partial charge in [0.25, 0.3) is 5.56 Å². The fraction of sp³-hybridized carbons (Fsp3) is 0.560. The van der Waals surface area contributed by atoms with E-state index in [4.69, 9.17) is 9.72 Å². The first-order chi connectivity index (χ1) is 16.9. The van der Waals surface area contributed by atoms with Gasteiger partial charge < -0.3 is 19.9 Å². The van der Waals surface area contributed by atoms with Crippen LogP contribution >= 0.6 is 0 Å². The molecule has 1 amide bonds. The summed E-state index contributed by atoms with van der Waals surface area (Å²) in [6, 6.07) is 2.35. The number of nitrogens with zero attached hydrogens (tertiary/aromatic N) is 3. The molecular weight excluding hydrogens is 456 g/mol. The molecule has 10 heteroatoms.